The minimum atomic E-state index is -3.19. The lowest BCUT2D eigenvalue weighted by Crippen LogP contribution is -2.44. The van der Waals surface area contributed by atoms with Gasteiger partial charge in [0.05, 0.1) is 12.3 Å². The molecule has 6 heteroatoms. The van der Waals surface area contributed by atoms with Crippen LogP contribution >= 0.6 is 0 Å². The molecule has 84 valence electrons. The fraction of sp³-hybridized carbons (Fsp3) is 0.556. The maximum absolute atomic E-state index is 11.6. The monoisotopic (exact) mass is 229 g/mol. The van der Waals surface area contributed by atoms with Crippen LogP contribution in [-0.4, -0.2) is 31.1 Å². The number of nitrogens with two attached hydrogens (primary N) is 2. The Balaban J connectivity index is 2.50. The van der Waals surface area contributed by atoms with Crippen LogP contribution in [0.2, 0.25) is 0 Å². The van der Waals surface area contributed by atoms with Crippen LogP contribution in [0.3, 0.4) is 0 Å². The molecule has 0 aromatic heterocycles. The topological polar surface area (TPSA) is 89.4 Å². The highest BCUT2D eigenvalue weighted by Crippen LogP contribution is 2.37. The van der Waals surface area contributed by atoms with E-state index < -0.39 is 10.0 Å². The van der Waals surface area contributed by atoms with Gasteiger partial charge in [0.1, 0.15) is 0 Å². The summed E-state index contributed by atoms with van der Waals surface area (Å²) in [5.74, 6) is 0. The maximum Gasteiger partial charge on any atom is 0.212 e. The first-order valence-corrected chi connectivity index (χ1v) is 6.68. The van der Waals surface area contributed by atoms with Crippen molar-refractivity contribution < 1.29 is 8.42 Å². The third kappa shape index (κ3) is 1.53. The minimum Gasteiger partial charge on any atom is -0.404 e. The summed E-state index contributed by atoms with van der Waals surface area (Å²) in [7, 11) is -3.19. The lowest BCUT2D eigenvalue weighted by molar-refractivity contribution is 0.374. The highest BCUT2D eigenvalue weighted by molar-refractivity contribution is 7.88. The van der Waals surface area contributed by atoms with Crippen molar-refractivity contribution in [1.29, 1.82) is 0 Å². The van der Waals surface area contributed by atoms with E-state index in [0.29, 0.717) is 5.70 Å². The van der Waals surface area contributed by atoms with Gasteiger partial charge in [0.25, 0.3) is 0 Å². The van der Waals surface area contributed by atoms with Gasteiger partial charge in [-0.3, -0.25) is 0 Å². The smallest absolute Gasteiger partial charge is 0.212 e. The lowest BCUT2D eigenvalue weighted by atomic mass is 10.0. The number of hydrogen-bond donors (Lipinski definition) is 2. The van der Waals surface area contributed by atoms with E-state index in [1.807, 2.05) is 0 Å². The van der Waals surface area contributed by atoms with Crippen LogP contribution in [0.15, 0.2) is 23.5 Å². The summed E-state index contributed by atoms with van der Waals surface area (Å²) in [6, 6.07) is -0.256. The third-order valence-electron chi connectivity index (χ3n) is 3.00. The highest BCUT2D eigenvalue weighted by Gasteiger charge is 2.43. The molecule has 0 amide bonds. The lowest BCUT2D eigenvalue weighted by Gasteiger charge is -2.32. The Kier molecular flexibility index (Phi) is 2.27. The summed E-state index contributed by atoms with van der Waals surface area (Å²) < 4.78 is 24.7. The molecule has 4 N–H and O–H groups in total. The fourth-order valence-corrected chi connectivity index (χ4v) is 3.78. The summed E-state index contributed by atoms with van der Waals surface area (Å²) in [6.45, 7) is 0. The zero-order valence-corrected chi connectivity index (χ0v) is 9.37. The molecule has 0 saturated carbocycles. The average Bonchev–Trinajstić information content (AvgIpc) is 2.43. The first-order chi connectivity index (χ1) is 6.95. The summed E-state index contributed by atoms with van der Waals surface area (Å²) >= 11 is 0. The summed E-state index contributed by atoms with van der Waals surface area (Å²) in [6.07, 6.45) is 6.02. The van der Waals surface area contributed by atoms with Crippen molar-refractivity contribution >= 4 is 10.0 Å². The SMILES string of the molecule is CS(=O)(=O)N1C2C=C(N)C(=CN)C1CC2. The Labute approximate surface area is 89.5 Å². The van der Waals surface area contributed by atoms with E-state index in [2.05, 4.69) is 0 Å². The maximum atomic E-state index is 11.6. The Morgan fingerprint density at radius 2 is 2.20 bits per heavy atom. The average molecular weight is 229 g/mol. The first kappa shape index (κ1) is 10.5. The Hall–Kier alpha value is -1.01. The Morgan fingerprint density at radius 3 is 2.73 bits per heavy atom. The molecule has 2 aliphatic heterocycles. The third-order valence-corrected chi connectivity index (χ3v) is 4.29. The molecule has 2 atom stereocenters. The summed E-state index contributed by atoms with van der Waals surface area (Å²) in [5, 5.41) is 0. The number of hydrogen-bond acceptors (Lipinski definition) is 4. The van der Waals surface area contributed by atoms with E-state index in [0.717, 1.165) is 18.4 Å². The standard InChI is InChI=1S/C9H15N3O2S/c1-15(13,14)12-6-2-3-9(12)7(5-10)8(11)4-6/h4-6,9H,2-3,10-11H2,1H3. The zero-order valence-electron chi connectivity index (χ0n) is 8.55. The van der Waals surface area contributed by atoms with Gasteiger partial charge in [-0.25, -0.2) is 8.42 Å². The van der Waals surface area contributed by atoms with Crippen LogP contribution in [0.25, 0.3) is 0 Å². The quantitative estimate of drug-likeness (QED) is 0.633. The van der Waals surface area contributed by atoms with E-state index in [1.54, 1.807) is 6.08 Å². The van der Waals surface area contributed by atoms with E-state index >= 15 is 0 Å². The van der Waals surface area contributed by atoms with Crippen LogP contribution in [0.5, 0.6) is 0 Å². The normalized spacial score (nSPS) is 34.5. The van der Waals surface area contributed by atoms with E-state index in [1.165, 1.54) is 16.8 Å². The molecule has 0 radical (unpaired) electrons. The van der Waals surface area contributed by atoms with Crippen LogP contribution in [0.1, 0.15) is 12.8 Å². The van der Waals surface area contributed by atoms with E-state index in [4.69, 9.17) is 11.5 Å². The summed E-state index contributed by atoms with van der Waals surface area (Å²) in [4.78, 5) is 0. The molecule has 1 saturated heterocycles. The van der Waals surface area contributed by atoms with Gasteiger partial charge in [-0.15, -0.1) is 0 Å². The minimum absolute atomic E-state index is 0.0892. The van der Waals surface area contributed by atoms with Gasteiger partial charge >= 0.3 is 0 Å². The molecule has 5 nitrogen and oxygen atoms in total. The second-order valence-electron chi connectivity index (χ2n) is 4.00. The molecule has 2 unspecified atom stereocenters. The van der Waals surface area contributed by atoms with Crippen LogP contribution < -0.4 is 11.5 Å². The highest BCUT2D eigenvalue weighted by atomic mass is 32.2. The van der Waals surface area contributed by atoms with Gasteiger partial charge in [-0.2, -0.15) is 4.31 Å². The van der Waals surface area contributed by atoms with Crippen molar-refractivity contribution in [3.63, 3.8) is 0 Å². The molecule has 0 aromatic rings. The van der Waals surface area contributed by atoms with Crippen LogP contribution in [0, 0.1) is 0 Å². The van der Waals surface area contributed by atoms with E-state index in [-0.39, 0.29) is 12.1 Å². The summed E-state index contributed by atoms with van der Waals surface area (Å²) in [5.41, 5.74) is 12.6. The van der Waals surface area contributed by atoms with Gasteiger partial charge < -0.3 is 11.5 Å². The second-order valence-corrected chi connectivity index (χ2v) is 5.89. The van der Waals surface area contributed by atoms with Gasteiger partial charge in [0, 0.05) is 23.5 Å². The second kappa shape index (κ2) is 3.24. The molecule has 0 aliphatic carbocycles. The van der Waals surface area contributed by atoms with Gasteiger partial charge in [0.2, 0.25) is 10.0 Å². The predicted octanol–water partition coefficient (Wildman–Crippen LogP) is -0.522. The molecule has 2 bridgehead atoms. The fourth-order valence-electron chi connectivity index (χ4n) is 2.44. The Bertz CT molecular complexity index is 438. The van der Waals surface area contributed by atoms with Crippen molar-refractivity contribution in [3.8, 4) is 0 Å². The molecular weight excluding hydrogens is 214 g/mol. The number of fused-ring (bicyclic) bond motifs is 2. The zero-order chi connectivity index (χ0) is 11.2. The molecule has 2 rings (SSSR count). The van der Waals surface area contributed by atoms with E-state index in [9.17, 15) is 8.42 Å². The molecular formula is C9H15N3O2S. The van der Waals surface area contributed by atoms with Gasteiger partial charge in [-0.1, -0.05) is 0 Å². The van der Waals surface area contributed by atoms with Gasteiger partial charge in [-0.05, 0) is 18.9 Å². The van der Waals surface area contributed by atoms with Crippen molar-refractivity contribution in [2.75, 3.05) is 6.26 Å². The molecule has 1 fully saturated rings. The molecule has 2 aliphatic rings. The van der Waals surface area contributed by atoms with Crippen LogP contribution in [0.4, 0.5) is 0 Å². The molecule has 0 spiro atoms. The van der Waals surface area contributed by atoms with Crippen LogP contribution in [-0.2, 0) is 10.0 Å². The predicted molar refractivity (Wildman–Crippen MR) is 58.0 cm³/mol. The van der Waals surface area contributed by atoms with Crippen molar-refractivity contribution in [2.24, 2.45) is 11.5 Å². The molecule has 2 heterocycles. The van der Waals surface area contributed by atoms with Crippen molar-refractivity contribution in [2.45, 2.75) is 24.9 Å². The number of nitrogens with zero attached hydrogens (tertiary/aromatic N) is 1. The number of rotatable bonds is 1. The first-order valence-electron chi connectivity index (χ1n) is 4.83. The van der Waals surface area contributed by atoms with Gasteiger partial charge in [0.15, 0.2) is 0 Å². The largest absolute Gasteiger partial charge is 0.404 e. The van der Waals surface area contributed by atoms with Crippen molar-refractivity contribution in [3.05, 3.63) is 23.5 Å². The number of sulfonamides is 1. The van der Waals surface area contributed by atoms with Crippen molar-refractivity contribution in [1.82, 2.24) is 4.31 Å². The Morgan fingerprint density at radius 1 is 1.53 bits per heavy atom. The molecule has 0 aromatic carbocycles. The molecule has 15 heavy (non-hydrogen) atoms.